The Balaban J connectivity index is 1.68. The van der Waals surface area contributed by atoms with Crippen LogP contribution in [-0.4, -0.2) is 55.7 Å². The van der Waals surface area contributed by atoms with E-state index in [1.165, 1.54) is 12.0 Å². The Morgan fingerprint density at radius 1 is 0.950 bits per heavy atom. The van der Waals surface area contributed by atoms with Crippen molar-refractivity contribution in [3.63, 3.8) is 0 Å². The van der Waals surface area contributed by atoms with Crippen molar-refractivity contribution in [2.75, 3.05) is 34.0 Å². The minimum atomic E-state index is -0.807. The van der Waals surface area contributed by atoms with Crippen LogP contribution in [0.3, 0.4) is 0 Å². The summed E-state index contributed by atoms with van der Waals surface area (Å²) in [6, 6.07) is 19.3. The topological polar surface area (TPSA) is 94.5 Å². The van der Waals surface area contributed by atoms with Gasteiger partial charge in [-0.15, -0.1) is 0 Å². The van der Waals surface area contributed by atoms with E-state index in [0.717, 1.165) is 11.1 Å². The molecule has 4 rings (SSSR count). The third-order valence-corrected chi connectivity index (χ3v) is 6.71. The Bertz CT molecular complexity index is 1380. The number of likely N-dealkylation sites (tertiary alicyclic amines) is 1. The van der Waals surface area contributed by atoms with Crippen molar-refractivity contribution in [3.05, 3.63) is 94.6 Å². The van der Waals surface area contributed by atoms with Gasteiger partial charge in [0.05, 0.1) is 25.3 Å². The number of hydrogen-bond donors (Lipinski definition) is 1. The molecule has 8 nitrogen and oxygen atoms in total. The Morgan fingerprint density at radius 3 is 2.40 bits per heavy atom. The number of Topliss-reactive ketones (excluding diaryl/α,β-unsaturated/α-hetero) is 1. The number of aliphatic hydroxyl groups excluding tert-OH is 1. The van der Waals surface area contributed by atoms with Crippen LogP contribution in [0.5, 0.6) is 17.2 Å². The van der Waals surface area contributed by atoms with Crippen molar-refractivity contribution in [1.29, 1.82) is 0 Å². The fraction of sp³-hybridized carbons (Fsp3) is 0.312. The van der Waals surface area contributed by atoms with Crippen molar-refractivity contribution >= 4 is 17.4 Å². The Hall–Kier alpha value is -4.30. The largest absolute Gasteiger partial charge is 0.507 e. The zero-order valence-corrected chi connectivity index (χ0v) is 23.3. The average Bonchev–Trinajstić information content (AvgIpc) is 3.21. The molecule has 0 aromatic heterocycles. The van der Waals surface area contributed by atoms with Crippen LogP contribution < -0.4 is 14.2 Å². The number of rotatable bonds is 12. The van der Waals surface area contributed by atoms with Gasteiger partial charge in [0.15, 0.2) is 11.5 Å². The molecule has 1 N–H and O–H groups in total. The molecule has 0 aliphatic carbocycles. The molecule has 1 aliphatic heterocycles. The van der Waals surface area contributed by atoms with Crippen LogP contribution in [0, 0.1) is 6.92 Å². The van der Waals surface area contributed by atoms with E-state index in [1.807, 2.05) is 32.0 Å². The molecule has 0 radical (unpaired) electrons. The first-order valence-electron chi connectivity index (χ1n) is 13.2. The highest BCUT2D eigenvalue weighted by atomic mass is 16.5. The number of aryl methyl sites for hydroxylation is 1. The quantitative estimate of drug-likeness (QED) is 0.140. The van der Waals surface area contributed by atoms with Gasteiger partial charge in [0.25, 0.3) is 11.7 Å². The van der Waals surface area contributed by atoms with E-state index >= 15 is 0 Å². The van der Waals surface area contributed by atoms with Crippen LogP contribution in [0.1, 0.15) is 41.6 Å². The van der Waals surface area contributed by atoms with Gasteiger partial charge in [-0.3, -0.25) is 9.59 Å². The highest BCUT2D eigenvalue weighted by molar-refractivity contribution is 6.46. The number of carbonyl (C=O) groups excluding carboxylic acids is 2. The molecule has 0 spiro atoms. The fourth-order valence-electron chi connectivity index (χ4n) is 4.80. The predicted molar refractivity (Wildman–Crippen MR) is 152 cm³/mol. The summed E-state index contributed by atoms with van der Waals surface area (Å²) in [5.74, 6) is -0.0361. The third kappa shape index (κ3) is 6.29. The molecule has 1 amide bonds. The fourth-order valence-corrected chi connectivity index (χ4v) is 4.80. The smallest absolute Gasteiger partial charge is 0.295 e. The second-order valence-corrected chi connectivity index (χ2v) is 9.48. The molecule has 210 valence electrons. The van der Waals surface area contributed by atoms with Crippen LogP contribution >= 0.6 is 0 Å². The van der Waals surface area contributed by atoms with Crippen LogP contribution in [0.4, 0.5) is 0 Å². The van der Waals surface area contributed by atoms with Gasteiger partial charge in [-0.05, 0) is 67.8 Å². The predicted octanol–water partition coefficient (Wildman–Crippen LogP) is 5.44. The van der Waals surface area contributed by atoms with Gasteiger partial charge in [-0.1, -0.05) is 35.9 Å². The van der Waals surface area contributed by atoms with Gasteiger partial charge < -0.3 is 29.0 Å². The first kappa shape index (κ1) is 28.7. The van der Waals surface area contributed by atoms with E-state index in [-0.39, 0.29) is 17.9 Å². The lowest BCUT2D eigenvalue weighted by molar-refractivity contribution is -0.140. The van der Waals surface area contributed by atoms with Crippen molar-refractivity contribution in [1.82, 2.24) is 4.90 Å². The summed E-state index contributed by atoms with van der Waals surface area (Å²) in [6.45, 7) is 5.46. The zero-order valence-electron chi connectivity index (χ0n) is 23.3. The second-order valence-electron chi connectivity index (χ2n) is 9.48. The average molecular weight is 546 g/mol. The Kier molecular flexibility index (Phi) is 9.45. The molecular weight excluding hydrogens is 510 g/mol. The summed E-state index contributed by atoms with van der Waals surface area (Å²) < 4.78 is 22.2. The third-order valence-electron chi connectivity index (χ3n) is 6.71. The number of aliphatic hydroxyl groups is 1. The SMILES string of the molecule is CCOc1ccc(C2/C(=C(\O)c3ccc(OCc4cccc(C)c4)cc3)C(=O)C(=O)N2CCCOC)cc1OC. The summed E-state index contributed by atoms with van der Waals surface area (Å²) in [7, 11) is 3.11. The minimum absolute atomic E-state index is 0.0158. The molecule has 8 heteroatoms. The van der Waals surface area contributed by atoms with E-state index in [2.05, 4.69) is 6.07 Å². The molecule has 40 heavy (non-hydrogen) atoms. The molecule has 1 fully saturated rings. The Labute approximate surface area is 234 Å². The van der Waals surface area contributed by atoms with Gasteiger partial charge in [0, 0.05) is 25.8 Å². The maximum Gasteiger partial charge on any atom is 0.295 e. The molecular formula is C32H35NO7. The number of benzene rings is 3. The van der Waals surface area contributed by atoms with Crippen LogP contribution in [0.2, 0.25) is 0 Å². The van der Waals surface area contributed by atoms with E-state index in [1.54, 1.807) is 49.6 Å². The van der Waals surface area contributed by atoms with Gasteiger partial charge in [0.2, 0.25) is 0 Å². The first-order valence-corrected chi connectivity index (χ1v) is 13.2. The van der Waals surface area contributed by atoms with E-state index in [0.29, 0.717) is 54.6 Å². The number of ether oxygens (including phenoxy) is 4. The van der Waals surface area contributed by atoms with Crippen molar-refractivity contribution in [2.24, 2.45) is 0 Å². The number of nitrogens with zero attached hydrogens (tertiary/aromatic N) is 1. The normalized spacial score (nSPS) is 16.3. The Morgan fingerprint density at radius 2 is 1.73 bits per heavy atom. The van der Waals surface area contributed by atoms with Crippen LogP contribution in [0.15, 0.2) is 72.3 Å². The second kappa shape index (κ2) is 13.2. The molecule has 1 atom stereocenters. The molecule has 1 unspecified atom stereocenters. The van der Waals surface area contributed by atoms with Crippen molar-refractivity contribution in [2.45, 2.75) is 32.9 Å². The zero-order chi connectivity index (χ0) is 28.6. The number of hydrogen-bond acceptors (Lipinski definition) is 7. The summed E-state index contributed by atoms with van der Waals surface area (Å²) in [4.78, 5) is 27.9. The first-order chi connectivity index (χ1) is 19.4. The van der Waals surface area contributed by atoms with Gasteiger partial charge in [0.1, 0.15) is 18.1 Å². The standard InChI is InChI=1S/C32H35NO7/c1-5-39-26-15-12-24(19-27(26)38-4)29-28(31(35)32(36)33(29)16-7-17-37-3)30(34)23-10-13-25(14-11-23)40-20-22-9-6-8-21(2)18-22/h6,8-15,18-19,29,34H,5,7,16-17,20H2,1-4H3/b30-28+. The summed E-state index contributed by atoms with van der Waals surface area (Å²) in [5.41, 5.74) is 3.24. The van der Waals surface area contributed by atoms with Gasteiger partial charge in [-0.2, -0.15) is 0 Å². The molecule has 3 aromatic carbocycles. The lowest BCUT2D eigenvalue weighted by Crippen LogP contribution is -2.31. The lowest BCUT2D eigenvalue weighted by Gasteiger charge is -2.26. The van der Waals surface area contributed by atoms with Crippen LogP contribution in [-0.2, 0) is 20.9 Å². The van der Waals surface area contributed by atoms with Gasteiger partial charge >= 0.3 is 0 Å². The summed E-state index contributed by atoms with van der Waals surface area (Å²) in [6.07, 6.45) is 0.529. The molecule has 1 saturated heterocycles. The van der Waals surface area contributed by atoms with E-state index < -0.39 is 17.7 Å². The molecule has 0 saturated carbocycles. The van der Waals surface area contributed by atoms with Crippen LogP contribution in [0.25, 0.3) is 5.76 Å². The number of amides is 1. The highest BCUT2D eigenvalue weighted by Crippen LogP contribution is 2.42. The molecule has 1 heterocycles. The highest BCUT2D eigenvalue weighted by Gasteiger charge is 2.46. The summed E-state index contributed by atoms with van der Waals surface area (Å²) in [5, 5.41) is 11.4. The molecule has 0 bridgehead atoms. The molecule has 3 aromatic rings. The monoisotopic (exact) mass is 545 g/mol. The van der Waals surface area contributed by atoms with Crippen molar-refractivity contribution in [3.8, 4) is 17.2 Å². The number of methoxy groups -OCH3 is 2. The number of ketones is 1. The van der Waals surface area contributed by atoms with E-state index in [9.17, 15) is 14.7 Å². The van der Waals surface area contributed by atoms with Crippen molar-refractivity contribution < 1.29 is 33.6 Å². The maximum atomic E-state index is 13.3. The van der Waals surface area contributed by atoms with Gasteiger partial charge in [-0.25, -0.2) is 0 Å². The number of carbonyl (C=O) groups is 2. The van der Waals surface area contributed by atoms with E-state index in [4.69, 9.17) is 18.9 Å². The minimum Gasteiger partial charge on any atom is -0.507 e. The molecule has 1 aliphatic rings. The summed E-state index contributed by atoms with van der Waals surface area (Å²) >= 11 is 0. The lowest BCUT2D eigenvalue weighted by atomic mass is 9.95. The maximum absolute atomic E-state index is 13.3.